The maximum Gasteiger partial charge on any atom is 0.0573 e. The van der Waals surface area contributed by atoms with Crippen LogP contribution in [0.25, 0.3) is 0 Å². The minimum atomic E-state index is -0.0394. The van der Waals surface area contributed by atoms with Crippen LogP contribution in [0, 0.1) is 17.8 Å². The zero-order valence-electron chi connectivity index (χ0n) is 8.59. The summed E-state index contributed by atoms with van der Waals surface area (Å²) >= 11 is 0. The molecule has 0 amide bonds. The first-order valence-corrected chi connectivity index (χ1v) is 5.29. The lowest BCUT2D eigenvalue weighted by atomic mass is 9.86. The fraction of sp³-hybridized carbons (Fsp3) is 1.00. The molecule has 0 radical (unpaired) electrons. The molecule has 1 fully saturated rings. The van der Waals surface area contributed by atoms with Crippen LogP contribution in [0.2, 0.25) is 0 Å². The molecule has 0 aromatic heterocycles. The fourth-order valence-electron chi connectivity index (χ4n) is 2.38. The van der Waals surface area contributed by atoms with Gasteiger partial charge in [-0.1, -0.05) is 33.6 Å². The molecule has 0 aliphatic heterocycles. The van der Waals surface area contributed by atoms with Gasteiger partial charge in [0, 0.05) is 0 Å². The molecule has 1 aliphatic rings. The second kappa shape index (κ2) is 4.27. The van der Waals surface area contributed by atoms with E-state index in [1.165, 1.54) is 19.3 Å². The van der Waals surface area contributed by atoms with E-state index in [9.17, 15) is 5.11 Å². The Morgan fingerprint density at radius 3 is 2.50 bits per heavy atom. The summed E-state index contributed by atoms with van der Waals surface area (Å²) in [6.45, 7) is 6.71. The lowest BCUT2D eigenvalue weighted by Gasteiger charge is -2.24. The quantitative estimate of drug-likeness (QED) is 0.600. The number of aliphatic hydroxyl groups is 1. The standard InChI is InChI=1S/C11H22O/c1-8(2)10-6-4-5-9(3)7-11(10)12/h8-12H,4-7H2,1-3H3. The van der Waals surface area contributed by atoms with Crippen molar-refractivity contribution >= 4 is 0 Å². The van der Waals surface area contributed by atoms with Crippen LogP contribution in [0.4, 0.5) is 0 Å². The van der Waals surface area contributed by atoms with Crippen molar-refractivity contribution in [3.63, 3.8) is 0 Å². The minimum absolute atomic E-state index is 0.0394. The van der Waals surface area contributed by atoms with E-state index in [1.807, 2.05) is 0 Å². The summed E-state index contributed by atoms with van der Waals surface area (Å²) in [7, 11) is 0. The largest absolute Gasteiger partial charge is 0.393 e. The summed E-state index contributed by atoms with van der Waals surface area (Å²) in [5, 5.41) is 9.89. The first-order chi connectivity index (χ1) is 5.61. The van der Waals surface area contributed by atoms with Crippen molar-refractivity contribution in [1.29, 1.82) is 0 Å². The minimum Gasteiger partial charge on any atom is -0.393 e. The van der Waals surface area contributed by atoms with Crippen LogP contribution in [-0.4, -0.2) is 11.2 Å². The van der Waals surface area contributed by atoms with Crippen LogP contribution >= 0.6 is 0 Å². The molecular weight excluding hydrogens is 148 g/mol. The van der Waals surface area contributed by atoms with Crippen molar-refractivity contribution in [2.24, 2.45) is 17.8 Å². The Morgan fingerprint density at radius 2 is 1.92 bits per heavy atom. The van der Waals surface area contributed by atoms with E-state index < -0.39 is 0 Å². The highest BCUT2D eigenvalue weighted by atomic mass is 16.3. The topological polar surface area (TPSA) is 20.2 Å². The first kappa shape index (κ1) is 10.0. The SMILES string of the molecule is CC1CCCC(C(C)C)C(O)C1. The third-order valence-electron chi connectivity index (χ3n) is 3.23. The van der Waals surface area contributed by atoms with E-state index in [0.717, 1.165) is 12.3 Å². The summed E-state index contributed by atoms with van der Waals surface area (Å²) in [4.78, 5) is 0. The summed E-state index contributed by atoms with van der Waals surface area (Å²) in [6.07, 6.45) is 4.82. The predicted octanol–water partition coefficient (Wildman–Crippen LogP) is 2.83. The van der Waals surface area contributed by atoms with E-state index in [4.69, 9.17) is 0 Å². The summed E-state index contributed by atoms with van der Waals surface area (Å²) in [6, 6.07) is 0. The van der Waals surface area contributed by atoms with Gasteiger partial charge in [-0.05, 0) is 30.6 Å². The molecule has 0 aromatic rings. The highest BCUT2D eigenvalue weighted by molar-refractivity contribution is 4.77. The molecule has 1 N–H and O–H groups in total. The molecule has 12 heavy (non-hydrogen) atoms. The lowest BCUT2D eigenvalue weighted by molar-refractivity contribution is 0.0679. The van der Waals surface area contributed by atoms with Crippen LogP contribution in [0.3, 0.4) is 0 Å². The zero-order valence-corrected chi connectivity index (χ0v) is 8.59. The van der Waals surface area contributed by atoms with Gasteiger partial charge >= 0.3 is 0 Å². The number of hydrogen-bond acceptors (Lipinski definition) is 1. The fourth-order valence-corrected chi connectivity index (χ4v) is 2.38. The first-order valence-electron chi connectivity index (χ1n) is 5.29. The molecule has 72 valence electrons. The second-order valence-corrected chi connectivity index (χ2v) is 4.75. The van der Waals surface area contributed by atoms with Crippen LogP contribution in [-0.2, 0) is 0 Å². The Kier molecular flexibility index (Phi) is 3.57. The third kappa shape index (κ3) is 2.48. The average Bonchev–Trinajstić information content (AvgIpc) is 2.10. The van der Waals surface area contributed by atoms with Gasteiger partial charge in [0.1, 0.15) is 0 Å². The van der Waals surface area contributed by atoms with Gasteiger partial charge in [0.2, 0.25) is 0 Å². The molecule has 3 unspecified atom stereocenters. The van der Waals surface area contributed by atoms with Gasteiger partial charge in [0.25, 0.3) is 0 Å². The maximum atomic E-state index is 9.89. The van der Waals surface area contributed by atoms with Gasteiger partial charge in [-0.25, -0.2) is 0 Å². The van der Waals surface area contributed by atoms with Crippen LogP contribution in [0.15, 0.2) is 0 Å². The highest BCUT2D eigenvalue weighted by Gasteiger charge is 2.26. The number of aliphatic hydroxyl groups excluding tert-OH is 1. The van der Waals surface area contributed by atoms with Crippen LogP contribution in [0.1, 0.15) is 46.5 Å². The van der Waals surface area contributed by atoms with Gasteiger partial charge in [-0.15, -0.1) is 0 Å². The van der Waals surface area contributed by atoms with Crippen molar-refractivity contribution < 1.29 is 5.11 Å². The van der Waals surface area contributed by atoms with Crippen LogP contribution in [0.5, 0.6) is 0 Å². The lowest BCUT2D eigenvalue weighted by Crippen LogP contribution is -2.24. The van der Waals surface area contributed by atoms with E-state index in [0.29, 0.717) is 11.8 Å². The van der Waals surface area contributed by atoms with Gasteiger partial charge in [-0.3, -0.25) is 0 Å². The molecule has 0 saturated heterocycles. The van der Waals surface area contributed by atoms with Gasteiger partial charge < -0.3 is 5.11 Å². The van der Waals surface area contributed by atoms with Crippen molar-refractivity contribution in [3.8, 4) is 0 Å². The average molecular weight is 170 g/mol. The molecule has 1 rings (SSSR count). The molecule has 3 atom stereocenters. The third-order valence-corrected chi connectivity index (χ3v) is 3.23. The number of rotatable bonds is 1. The van der Waals surface area contributed by atoms with E-state index in [1.54, 1.807) is 0 Å². The van der Waals surface area contributed by atoms with E-state index in [-0.39, 0.29) is 6.10 Å². The molecule has 1 nitrogen and oxygen atoms in total. The molecular formula is C11H22O. The Labute approximate surface area is 76.2 Å². The predicted molar refractivity (Wildman–Crippen MR) is 52.0 cm³/mol. The van der Waals surface area contributed by atoms with Gasteiger partial charge in [-0.2, -0.15) is 0 Å². The van der Waals surface area contributed by atoms with Crippen LogP contribution < -0.4 is 0 Å². The van der Waals surface area contributed by atoms with Crippen molar-refractivity contribution in [1.82, 2.24) is 0 Å². The van der Waals surface area contributed by atoms with Gasteiger partial charge in [0.05, 0.1) is 6.10 Å². The zero-order chi connectivity index (χ0) is 9.14. The number of hydrogen-bond donors (Lipinski definition) is 1. The Bertz CT molecular complexity index is 131. The highest BCUT2D eigenvalue weighted by Crippen LogP contribution is 2.31. The molecule has 1 saturated carbocycles. The van der Waals surface area contributed by atoms with Crippen molar-refractivity contribution in [2.75, 3.05) is 0 Å². The maximum absolute atomic E-state index is 9.89. The monoisotopic (exact) mass is 170 g/mol. The van der Waals surface area contributed by atoms with Crippen molar-refractivity contribution in [3.05, 3.63) is 0 Å². The molecule has 0 bridgehead atoms. The molecule has 0 spiro atoms. The van der Waals surface area contributed by atoms with E-state index >= 15 is 0 Å². The van der Waals surface area contributed by atoms with E-state index in [2.05, 4.69) is 20.8 Å². The normalized spacial score (nSPS) is 38.2. The Hall–Kier alpha value is -0.0400. The summed E-state index contributed by atoms with van der Waals surface area (Å²) in [5.41, 5.74) is 0. The second-order valence-electron chi connectivity index (χ2n) is 4.75. The molecule has 1 heteroatoms. The Balaban J connectivity index is 2.51. The summed E-state index contributed by atoms with van der Waals surface area (Å²) in [5.74, 6) is 1.92. The van der Waals surface area contributed by atoms with Gasteiger partial charge in [0.15, 0.2) is 0 Å². The smallest absolute Gasteiger partial charge is 0.0573 e. The summed E-state index contributed by atoms with van der Waals surface area (Å²) < 4.78 is 0. The molecule has 1 aliphatic carbocycles. The molecule has 0 heterocycles. The Morgan fingerprint density at radius 1 is 1.25 bits per heavy atom. The molecule has 0 aromatic carbocycles. The van der Waals surface area contributed by atoms with Crippen molar-refractivity contribution in [2.45, 2.75) is 52.6 Å².